The van der Waals surface area contributed by atoms with Crippen molar-refractivity contribution in [3.05, 3.63) is 36.3 Å². The lowest BCUT2D eigenvalue weighted by atomic mass is 10.0. The van der Waals surface area contributed by atoms with Gasteiger partial charge in [-0.15, -0.1) is 0 Å². The van der Waals surface area contributed by atoms with E-state index in [2.05, 4.69) is 4.98 Å². The highest BCUT2D eigenvalue weighted by molar-refractivity contribution is 5.93. The molecule has 0 unspecified atom stereocenters. The average Bonchev–Trinajstić information content (AvgIpc) is 2.92. The van der Waals surface area contributed by atoms with Crippen LogP contribution in [-0.2, 0) is 0 Å². The van der Waals surface area contributed by atoms with Gasteiger partial charge in [0.25, 0.3) is 6.01 Å². The SMILES string of the molecule is CC(C)c1oc(N)nc1-c1coc2ccccc12. The first-order valence-electron chi connectivity index (χ1n) is 5.89. The number of hydrogen-bond acceptors (Lipinski definition) is 4. The van der Waals surface area contributed by atoms with Crippen molar-refractivity contribution in [2.24, 2.45) is 0 Å². The number of nitrogens with two attached hydrogens (primary N) is 1. The van der Waals surface area contributed by atoms with Gasteiger partial charge in [-0.05, 0) is 6.07 Å². The molecule has 0 radical (unpaired) electrons. The third-order valence-corrected chi connectivity index (χ3v) is 2.93. The van der Waals surface area contributed by atoms with E-state index in [4.69, 9.17) is 14.6 Å². The first-order valence-corrected chi connectivity index (χ1v) is 5.89. The molecule has 3 rings (SSSR count). The zero-order chi connectivity index (χ0) is 12.7. The zero-order valence-corrected chi connectivity index (χ0v) is 10.3. The molecule has 92 valence electrons. The maximum Gasteiger partial charge on any atom is 0.292 e. The Morgan fingerprint density at radius 3 is 2.78 bits per heavy atom. The highest BCUT2D eigenvalue weighted by Gasteiger charge is 2.19. The normalized spacial score (nSPS) is 11.5. The molecule has 0 aliphatic heterocycles. The van der Waals surface area contributed by atoms with Crippen molar-refractivity contribution in [2.45, 2.75) is 19.8 Å². The molecule has 2 N–H and O–H groups in total. The number of fused-ring (bicyclic) bond motifs is 1. The first-order chi connectivity index (χ1) is 8.66. The number of hydrogen-bond donors (Lipinski definition) is 1. The van der Waals surface area contributed by atoms with Gasteiger partial charge >= 0.3 is 0 Å². The number of aromatic nitrogens is 1. The summed E-state index contributed by atoms with van der Waals surface area (Å²) in [4.78, 5) is 4.28. The second-order valence-corrected chi connectivity index (χ2v) is 4.57. The van der Waals surface area contributed by atoms with Crippen LogP contribution < -0.4 is 5.73 Å². The number of benzene rings is 1. The summed E-state index contributed by atoms with van der Waals surface area (Å²) < 4.78 is 11.0. The number of nitrogens with zero attached hydrogens (tertiary/aromatic N) is 1. The maximum atomic E-state index is 5.66. The molecule has 0 spiro atoms. The quantitative estimate of drug-likeness (QED) is 0.742. The second-order valence-electron chi connectivity index (χ2n) is 4.57. The van der Waals surface area contributed by atoms with E-state index in [1.807, 2.05) is 38.1 Å². The summed E-state index contributed by atoms with van der Waals surface area (Å²) in [5, 5.41) is 1.02. The van der Waals surface area contributed by atoms with E-state index < -0.39 is 0 Å². The van der Waals surface area contributed by atoms with E-state index in [-0.39, 0.29) is 11.9 Å². The lowest BCUT2D eigenvalue weighted by Crippen LogP contribution is -1.88. The van der Waals surface area contributed by atoms with Crippen molar-refractivity contribution in [3.8, 4) is 11.3 Å². The van der Waals surface area contributed by atoms with Crippen molar-refractivity contribution in [2.75, 3.05) is 5.73 Å². The largest absolute Gasteiger partial charge is 0.464 e. The van der Waals surface area contributed by atoms with Gasteiger partial charge in [0.2, 0.25) is 0 Å². The standard InChI is InChI=1S/C14H14N2O2/c1-8(2)13-12(16-14(15)18-13)10-7-17-11-6-4-3-5-9(10)11/h3-8H,1-2H3,(H2,15,16). The minimum atomic E-state index is 0.194. The molecular formula is C14H14N2O2. The van der Waals surface area contributed by atoms with Crippen molar-refractivity contribution in [3.63, 3.8) is 0 Å². The summed E-state index contributed by atoms with van der Waals surface area (Å²) in [5.41, 5.74) is 8.19. The summed E-state index contributed by atoms with van der Waals surface area (Å²) in [5.74, 6) is 1.01. The van der Waals surface area contributed by atoms with Gasteiger partial charge < -0.3 is 14.6 Å². The Balaban J connectivity index is 2.26. The lowest BCUT2D eigenvalue weighted by molar-refractivity contribution is 0.500. The van der Waals surface area contributed by atoms with E-state index in [0.717, 1.165) is 28.0 Å². The molecule has 4 heteroatoms. The van der Waals surface area contributed by atoms with Gasteiger partial charge in [-0.25, -0.2) is 0 Å². The van der Waals surface area contributed by atoms with Gasteiger partial charge in [0.1, 0.15) is 23.3 Å². The summed E-state index contributed by atoms with van der Waals surface area (Å²) >= 11 is 0. The van der Waals surface area contributed by atoms with Crippen molar-refractivity contribution < 1.29 is 8.83 Å². The average molecular weight is 242 g/mol. The summed E-state index contributed by atoms with van der Waals surface area (Å²) in [7, 11) is 0. The van der Waals surface area contributed by atoms with Gasteiger partial charge in [-0.1, -0.05) is 32.0 Å². The predicted molar refractivity (Wildman–Crippen MR) is 70.2 cm³/mol. The fraction of sp³-hybridized carbons (Fsp3) is 0.214. The lowest BCUT2D eigenvalue weighted by Gasteiger charge is -2.01. The molecular weight excluding hydrogens is 228 g/mol. The van der Waals surface area contributed by atoms with Crippen LogP contribution in [0.1, 0.15) is 25.5 Å². The highest BCUT2D eigenvalue weighted by atomic mass is 16.4. The number of nitrogen functional groups attached to an aromatic ring is 1. The fourth-order valence-corrected chi connectivity index (χ4v) is 2.09. The van der Waals surface area contributed by atoms with Crippen molar-refractivity contribution in [1.82, 2.24) is 4.98 Å². The van der Waals surface area contributed by atoms with Gasteiger partial charge in [0, 0.05) is 11.3 Å². The molecule has 0 amide bonds. The second kappa shape index (κ2) is 3.91. The van der Waals surface area contributed by atoms with Crippen LogP contribution in [-0.4, -0.2) is 4.98 Å². The Kier molecular flexibility index (Phi) is 2.37. The molecule has 0 fully saturated rings. The predicted octanol–water partition coefficient (Wildman–Crippen LogP) is 3.79. The summed E-state index contributed by atoms with van der Waals surface area (Å²) in [6.45, 7) is 4.09. The topological polar surface area (TPSA) is 65.2 Å². The monoisotopic (exact) mass is 242 g/mol. The Bertz CT molecular complexity index is 695. The zero-order valence-electron chi connectivity index (χ0n) is 10.3. The summed E-state index contributed by atoms with van der Waals surface area (Å²) in [6, 6.07) is 8.04. The number of rotatable bonds is 2. The molecule has 0 bridgehead atoms. The van der Waals surface area contributed by atoms with E-state index in [9.17, 15) is 0 Å². The van der Waals surface area contributed by atoms with Crippen LogP contribution in [0.5, 0.6) is 0 Å². The minimum Gasteiger partial charge on any atom is -0.464 e. The van der Waals surface area contributed by atoms with Gasteiger partial charge in [0.05, 0.1) is 5.56 Å². The third-order valence-electron chi connectivity index (χ3n) is 2.93. The first kappa shape index (κ1) is 10.9. The molecule has 0 atom stereocenters. The molecule has 18 heavy (non-hydrogen) atoms. The molecule has 0 saturated carbocycles. The number of oxazole rings is 1. The van der Waals surface area contributed by atoms with Crippen LogP contribution in [0.4, 0.5) is 6.01 Å². The Labute approximate surface area is 104 Å². The van der Waals surface area contributed by atoms with E-state index in [0.29, 0.717) is 0 Å². The van der Waals surface area contributed by atoms with Crippen molar-refractivity contribution in [1.29, 1.82) is 0 Å². The van der Waals surface area contributed by atoms with E-state index in [1.165, 1.54) is 0 Å². The maximum absolute atomic E-state index is 5.66. The fourth-order valence-electron chi connectivity index (χ4n) is 2.09. The Morgan fingerprint density at radius 2 is 2.00 bits per heavy atom. The van der Waals surface area contributed by atoms with Crippen LogP contribution in [0.15, 0.2) is 39.4 Å². The molecule has 3 aromatic rings. The van der Waals surface area contributed by atoms with E-state index >= 15 is 0 Å². The Morgan fingerprint density at radius 1 is 1.22 bits per heavy atom. The van der Waals surface area contributed by atoms with Crippen molar-refractivity contribution >= 4 is 17.0 Å². The molecule has 4 nitrogen and oxygen atoms in total. The molecule has 0 aliphatic rings. The number of anilines is 1. The van der Waals surface area contributed by atoms with Crippen LogP contribution in [0.25, 0.3) is 22.2 Å². The van der Waals surface area contributed by atoms with Gasteiger partial charge in [-0.2, -0.15) is 4.98 Å². The van der Waals surface area contributed by atoms with Crippen LogP contribution in [0, 0.1) is 0 Å². The van der Waals surface area contributed by atoms with Crippen LogP contribution in [0.3, 0.4) is 0 Å². The molecule has 2 aromatic heterocycles. The van der Waals surface area contributed by atoms with Crippen LogP contribution >= 0.6 is 0 Å². The molecule has 0 saturated heterocycles. The molecule has 0 aliphatic carbocycles. The molecule has 2 heterocycles. The summed E-state index contributed by atoms with van der Waals surface area (Å²) in [6.07, 6.45) is 1.70. The highest BCUT2D eigenvalue weighted by Crippen LogP contribution is 2.35. The van der Waals surface area contributed by atoms with Gasteiger partial charge in [-0.3, -0.25) is 0 Å². The molecule has 1 aromatic carbocycles. The number of furan rings is 1. The van der Waals surface area contributed by atoms with Crippen LogP contribution in [0.2, 0.25) is 0 Å². The smallest absolute Gasteiger partial charge is 0.292 e. The minimum absolute atomic E-state index is 0.194. The van der Waals surface area contributed by atoms with Gasteiger partial charge in [0.15, 0.2) is 0 Å². The number of para-hydroxylation sites is 1. The Hall–Kier alpha value is -2.23. The van der Waals surface area contributed by atoms with E-state index in [1.54, 1.807) is 6.26 Å². The third kappa shape index (κ3) is 1.57.